The average Bonchev–Trinajstić information content (AvgIpc) is 3.34. The van der Waals surface area contributed by atoms with Crippen molar-refractivity contribution < 1.29 is 9.59 Å². The molecule has 2 aromatic rings. The van der Waals surface area contributed by atoms with Gasteiger partial charge < -0.3 is 15.6 Å². The molecule has 1 saturated heterocycles. The Bertz CT molecular complexity index is 856. The largest absolute Gasteiger partial charge is 0.356 e. The minimum Gasteiger partial charge on any atom is -0.356 e. The molecule has 0 radical (unpaired) electrons. The van der Waals surface area contributed by atoms with Crippen LogP contribution < -0.4 is 10.6 Å². The minimum absolute atomic E-state index is 0.0129. The third-order valence-corrected chi connectivity index (χ3v) is 5.99. The molecule has 4 rings (SSSR count). The number of imidazole rings is 1. The van der Waals surface area contributed by atoms with E-state index in [4.69, 9.17) is 0 Å². The van der Waals surface area contributed by atoms with Gasteiger partial charge in [-0.25, -0.2) is 4.98 Å². The summed E-state index contributed by atoms with van der Waals surface area (Å²) in [6.07, 6.45) is 5.58. The molecule has 3 N–H and O–H groups in total. The van der Waals surface area contributed by atoms with Gasteiger partial charge in [-0.05, 0) is 31.4 Å². The number of aryl methyl sites for hydroxylation is 1. The third kappa shape index (κ3) is 4.04. The van der Waals surface area contributed by atoms with E-state index in [1.807, 2.05) is 25.1 Å². The Morgan fingerprint density at radius 2 is 2.14 bits per heavy atom. The third-order valence-electron chi connectivity index (χ3n) is 5.99. The maximum Gasteiger partial charge on any atom is 0.237 e. The van der Waals surface area contributed by atoms with E-state index in [0.717, 1.165) is 41.8 Å². The van der Waals surface area contributed by atoms with Crippen LogP contribution >= 0.6 is 0 Å². The fourth-order valence-electron chi connectivity index (χ4n) is 4.53. The van der Waals surface area contributed by atoms with E-state index >= 15 is 0 Å². The van der Waals surface area contributed by atoms with Gasteiger partial charge in [0.15, 0.2) is 0 Å². The summed E-state index contributed by atoms with van der Waals surface area (Å²) in [5.74, 6) is 0.783. The molecule has 1 atom stereocenters. The maximum absolute atomic E-state index is 12.5. The van der Waals surface area contributed by atoms with Gasteiger partial charge in [-0.1, -0.05) is 25.0 Å². The van der Waals surface area contributed by atoms with Gasteiger partial charge in [-0.3, -0.25) is 14.5 Å². The second-order valence-electron chi connectivity index (χ2n) is 7.94. The van der Waals surface area contributed by atoms with Gasteiger partial charge in [-0.15, -0.1) is 0 Å². The van der Waals surface area contributed by atoms with Crippen molar-refractivity contribution in [3.8, 4) is 0 Å². The van der Waals surface area contributed by atoms with Gasteiger partial charge in [0.05, 0.1) is 23.5 Å². The molecule has 150 valence electrons. The highest BCUT2D eigenvalue weighted by Crippen LogP contribution is 2.26. The minimum atomic E-state index is -0.342. The van der Waals surface area contributed by atoms with Crippen molar-refractivity contribution in [1.29, 1.82) is 0 Å². The lowest BCUT2D eigenvalue weighted by atomic mass is 10.0. The molecule has 2 fully saturated rings. The molecular formula is C21H29N5O2. The molecule has 1 aliphatic carbocycles. The number of hydrogen-bond donors (Lipinski definition) is 3. The summed E-state index contributed by atoms with van der Waals surface area (Å²) >= 11 is 0. The summed E-state index contributed by atoms with van der Waals surface area (Å²) in [4.78, 5) is 35.0. The summed E-state index contributed by atoms with van der Waals surface area (Å²) in [5, 5.41) is 5.88. The van der Waals surface area contributed by atoms with Gasteiger partial charge >= 0.3 is 0 Å². The molecule has 0 spiro atoms. The number of hydrogen-bond acceptors (Lipinski definition) is 4. The molecule has 0 bridgehead atoms. The highest BCUT2D eigenvalue weighted by molar-refractivity contribution is 5.88. The lowest BCUT2D eigenvalue weighted by Crippen LogP contribution is -2.59. The van der Waals surface area contributed by atoms with Crippen LogP contribution in [-0.2, 0) is 16.0 Å². The number of aromatic nitrogens is 2. The van der Waals surface area contributed by atoms with Crippen LogP contribution in [0.25, 0.3) is 11.0 Å². The number of carbonyl (C=O) groups excluding carboxylic acids is 2. The quantitative estimate of drug-likeness (QED) is 0.708. The summed E-state index contributed by atoms with van der Waals surface area (Å²) in [7, 11) is 0. The Kier molecular flexibility index (Phi) is 5.62. The van der Waals surface area contributed by atoms with Crippen LogP contribution in [0.2, 0.25) is 0 Å². The first-order valence-corrected chi connectivity index (χ1v) is 10.4. The average molecular weight is 383 g/mol. The number of para-hydroxylation sites is 1. The van der Waals surface area contributed by atoms with Crippen LogP contribution in [0.4, 0.5) is 0 Å². The topological polar surface area (TPSA) is 90.1 Å². The predicted octanol–water partition coefficient (Wildman–Crippen LogP) is 1.66. The van der Waals surface area contributed by atoms with Gasteiger partial charge in [0, 0.05) is 32.1 Å². The standard InChI is InChI=1S/C21H29N5O2/c1-14-5-4-8-16-20(14)25-18(24-16)9-10-22-19(27)13-17-21(28)23-11-12-26(17)15-6-2-3-7-15/h4-5,8,15,17H,2-3,6-7,9-13H2,1H3,(H,22,27)(H,23,28)(H,24,25). The molecular weight excluding hydrogens is 354 g/mol. The van der Waals surface area contributed by atoms with Crippen molar-refractivity contribution in [3.05, 3.63) is 29.6 Å². The van der Waals surface area contributed by atoms with E-state index in [-0.39, 0.29) is 24.3 Å². The van der Waals surface area contributed by atoms with E-state index < -0.39 is 0 Å². The molecule has 1 aromatic heterocycles. The van der Waals surface area contributed by atoms with Gasteiger partial charge in [0.25, 0.3) is 0 Å². The number of nitrogens with zero attached hydrogens (tertiary/aromatic N) is 2. The van der Waals surface area contributed by atoms with Crippen molar-refractivity contribution >= 4 is 22.8 Å². The van der Waals surface area contributed by atoms with Crippen LogP contribution in [0.3, 0.4) is 0 Å². The number of rotatable bonds is 6. The van der Waals surface area contributed by atoms with Gasteiger partial charge in [0.2, 0.25) is 11.8 Å². The normalized spacial score (nSPS) is 21.2. The Labute approximate surface area is 165 Å². The molecule has 28 heavy (non-hydrogen) atoms. The van der Waals surface area contributed by atoms with E-state index in [2.05, 4.69) is 25.5 Å². The zero-order chi connectivity index (χ0) is 19.5. The number of aromatic amines is 1. The Morgan fingerprint density at radius 1 is 1.32 bits per heavy atom. The van der Waals surface area contributed by atoms with Crippen molar-refractivity contribution in [1.82, 2.24) is 25.5 Å². The molecule has 7 nitrogen and oxygen atoms in total. The summed E-state index contributed by atoms with van der Waals surface area (Å²) in [6.45, 7) is 4.07. The maximum atomic E-state index is 12.5. The predicted molar refractivity (Wildman–Crippen MR) is 108 cm³/mol. The van der Waals surface area contributed by atoms with E-state index in [1.54, 1.807) is 0 Å². The number of carbonyl (C=O) groups is 2. The summed E-state index contributed by atoms with van der Waals surface area (Å²) in [6, 6.07) is 6.16. The number of nitrogens with one attached hydrogen (secondary N) is 3. The van der Waals surface area contributed by atoms with Crippen molar-refractivity contribution in [2.24, 2.45) is 0 Å². The lowest BCUT2D eigenvalue weighted by molar-refractivity contribution is -0.135. The monoisotopic (exact) mass is 383 g/mol. The first-order chi connectivity index (χ1) is 13.6. The van der Waals surface area contributed by atoms with Gasteiger partial charge in [-0.2, -0.15) is 0 Å². The molecule has 1 aliphatic heterocycles. The number of H-pyrrole nitrogens is 1. The second-order valence-corrected chi connectivity index (χ2v) is 7.94. The Balaban J connectivity index is 1.31. The fraction of sp³-hybridized carbons (Fsp3) is 0.571. The molecule has 1 unspecified atom stereocenters. The van der Waals surface area contributed by atoms with Crippen LogP contribution in [0.5, 0.6) is 0 Å². The summed E-state index contributed by atoms with van der Waals surface area (Å²) in [5.41, 5.74) is 3.14. The molecule has 1 aromatic carbocycles. The molecule has 7 heteroatoms. The van der Waals surface area contributed by atoms with E-state index in [9.17, 15) is 9.59 Å². The van der Waals surface area contributed by atoms with Crippen LogP contribution in [0.15, 0.2) is 18.2 Å². The van der Waals surface area contributed by atoms with E-state index in [1.165, 1.54) is 12.8 Å². The molecule has 2 aliphatic rings. The van der Waals surface area contributed by atoms with Crippen LogP contribution in [0.1, 0.15) is 43.5 Å². The first kappa shape index (κ1) is 18.9. The lowest BCUT2D eigenvalue weighted by Gasteiger charge is -2.38. The van der Waals surface area contributed by atoms with Crippen LogP contribution in [0, 0.1) is 6.92 Å². The summed E-state index contributed by atoms with van der Waals surface area (Å²) < 4.78 is 0. The van der Waals surface area contributed by atoms with Crippen molar-refractivity contribution in [3.63, 3.8) is 0 Å². The van der Waals surface area contributed by atoms with Crippen molar-refractivity contribution in [2.45, 2.75) is 57.5 Å². The molecule has 2 heterocycles. The fourth-order valence-corrected chi connectivity index (χ4v) is 4.53. The van der Waals surface area contributed by atoms with E-state index in [0.29, 0.717) is 25.6 Å². The molecule has 2 amide bonds. The highest BCUT2D eigenvalue weighted by atomic mass is 16.2. The van der Waals surface area contributed by atoms with Gasteiger partial charge in [0.1, 0.15) is 5.82 Å². The van der Waals surface area contributed by atoms with Crippen LogP contribution in [-0.4, -0.2) is 58.4 Å². The number of amides is 2. The second kappa shape index (κ2) is 8.31. The Hall–Kier alpha value is -2.41. The zero-order valence-corrected chi connectivity index (χ0v) is 16.5. The Morgan fingerprint density at radius 3 is 2.93 bits per heavy atom. The first-order valence-electron chi connectivity index (χ1n) is 10.4. The van der Waals surface area contributed by atoms with Crippen molar-refractivity contribution in [2.75, 3.05) is 19.6 Å². The number of fused-ring (bicyclic) bond motifs is 1. The number of benzene rings is 1. The highest BCUT2D eigenvalue weighted by Gasteiger charge is 2.36. The zero-order valence-electron chi connectivity index (χ0n) is 16.5. The SMILES string of the molecule is Cc1cccc2[nH]c(CCNC(=O)CC3C(=O)NCCN3C3CCCC3)nc12. The number of piperazine rings is 1. The molecule has 1 saturated carbocycles. The smallest absolute Gasteiger partial charge is 0.237 e.